The Kier molecular flexibility index (Phi) is 7.04. The van der Waals surface area contributed by atoms with Crippen LogP contribution >= 0.6 is 0 Å². The maximum Gasteiger partial charge on any atom is 0.311 e. The third kappa shape index (κ3) is 6.56. The van der Waals surface area contributed by atoms with Crippen molar-refractivity contribution in [1.82, 2.24) is 5.32 Å². The molecule has 0 aliphatic rings. The van der Waals surface area contributed by atoms with Gasteiger partial charge in [-0.2, -0.15) is 0 Å². The Labute approximate surface area is 114 Å². The second-order valence-electron chi connectivity index (χ2n) is 4.80. The summed E-state index contributed by atoms with van der Waals surface area (Å²) in [5, 5.41) is 11.8. The van der Waals surface area contributed by atoms with Gasteiger partial charge in [-0.15, -0.1) is 0 Å². The maximum atomic E-state index is 11.5. The molecule has 0 bridgehead atoms. The van der Waals surface area contributed by atoms with Gasteiger partial charge in [-0.3, -0.25) is 9.59 Å². The number of nitrogens with one attached hydrogen (secondary N) is 1. The quantitative estimate of drug-likeness (QED) is 0.655. The number of rotatable bonds is 9. The number of hydrogen-bond donors (Lipinski definition) is 2. The second-order valence-corrected chi connectivity index (χ2v) is 7.06. The third-order valence-electron chi connectivity index (χ3n) is 3.35. The van der Waals surface area contributed by atoms with Crippen LogP contribution in [0.3, 0.4) is 0 Å². The predicted molar refractivity (Wildman–Crippen MR) is 72.6 cm³/mol. The van der Waals surface area contributed by atoms with Crippen LogP contribution in [0.25, 0.3) is 0 Å². The summed E-state index contributed by atoms with van der Waals surface area (Å²) >= 11 is 0. The van der Waals surface area contributed by atoms with Gasteiger partial charge in [0.2, 0.25) is 5.91 Å². The van der Waals surface area contributed by atoms with Crippen molar-refractivity contribution in [3.8, 4) is 0 Å². The molecule has 19 heavy (non-hydrogen) atoms. The molecule has 0 heterocycles. The molecule has 0 fully saturated rings. The van der Waals surface area contributed by atoms with Crippen molar-refractivity contribution in [1.29, 1.82) is 0 Å². The molecule has 0 saturated carbocycles. The highest BCUT2D eigenvalue weighted by atomic mass is 32.2. The van der Waals surface area contributed by atoms with E-state index in [4.69, 9.17) is 0 Å². The first-order chi connectivity index (χ1) is 8.67. The Bertz CT molecular complexity index is 412. The number of aliphatic carboxylic acids is 1. The lowest BCUT2D eigenvalue weighted by Crippen LogP contribution is -2.42. The van der Waals surface area contributed by atoms with Crippen LogP contribution in [0.5, 0.6) is 0 Å². The van der Waals surface area contributed by atoms with Crippen molar-refractivity contribution in [2.45, 2.75) is 39.5 Å². The van der Waals surface area contributed by atoms with Gasteiger partial charge in [0.05, 0.1) is 11.2 Å². The number of sulfone groups is 1. The van der Waals surface area contributed by atoms with Crippen molar-refractivity contribution < 1.29 is 23.1 Å². The minimum Gasteiger partial charge on any atom is -0.481 e. The zero-order chi connectivity index (χ0) is 15.1. The molecule has 0 radical (unpaired) electrons. The number of hydrogen-bond acceptors (Lipinski definition) is 4. The molecule has 0 spiro atoms. The van der Waals surface area contributed by atoms with E-state index in [0.717, 1.165) is 6.26 Å². The maximum absolute atomic E-state index is 11.5. The summed E-state index contributed by atoms with van der Waals surface area (Å²) in [6.45, 7) is 3.62. The molecule has 0 aromatic heterocycles. The van der Waals surface area contributed by atoms with Gasteiger partial charge >= 0.3 is 5.97 Å². The molecule has 0 aliphatic heterocycles. The van der Waals surface area contributed by atoms with E-state index in [2.05, 4.69) is 5.32 Å². The van der Waals surface area contributed by atoms with Crippen molar-refractivity contribution in [3.63, 3.8) is 0 Å². The molecule has 0 aliphatic carbocycles. The monoisotopic (exact) mass is 293 g/mol. The molecule has 0 saturated heterocycles. The van der Waals surface area contributed by atoms with Gasteiger partial charge in [0.25, 0.3) is 0 Å². The lowest BCUT2D eigenvalue weighted by molar-refractivity contribution is -0.149. The number of carboxylic acid groups (broad SMARTS) is 1. The van der Waals surface area contributed by atoms with Crippen LogP contribution in [-0.4, -0.2) is 44.0 Å². The van der Waals surface area contributed by atoms with Gasteiger partial charge in [-0.1, -0.05) is 13.8 Å². The van der Waals surface area contributed by atoms with Crippen LogP contribution in [0.4, 0.5) is 0 Å². The molecule has 7 heteroatoms. The first kappa shape index (κ1) is 17.9. The summed E-state index contributed by atoms with van der Waals surface area (Å²) in [4.78, 5) is 22.7. The lowest BCUT2D eigenvalue weighted by Gasteiger charge is -2.26. The van der Waals surface area contributed by atoms with Crippen molar-refractivity contribution in [3.05, 3.63) is 0 Å². The molecule has 0 aromatic carbocycles. The highest BCUT2D eigenvalue weighted by Gasteiger charge is 2.34. The van der Waals surface area contributed by atoms with E-state index in [9.17, 15) is 23.1 Å². The molecular weight excluding hydrogens is 270 g/mol. The number of amides is 1. The molecule has 1 amide bonds. The topological polar surface area (TPSA) is 101 Å². The summed E-state index contributed by atoms with van der Waals surface area (Å²) in [5.74, 6) is -1.27. The van der Waals surface area contributed by atoms with Crippen molar-refractivity contribution >= 4 is 21.7 Å². The van der Waals surface area contributed by atoms with Crippen LogP contribution in [0.1, 0.15) is 39.5 Å². The standard InChI is InChI=1S/C12H23NO5S/c1-4-12(5-2,11(15)16)9-13-10(14)7-6-8-19(3,17)18/h4-9H2,1-3H3,(H,13,14)(H,15,16). The van der Waals surface area contributed by atoms with E-state index in [0.29, 0.717) is 12.8 Å². The van der Waals surface area contributed by atoms with E-state index in [-0.39, 0.29) is 31.0 Å². The average molecular weight is 293 g/mol. The highest BCUT2D eigenvalue weighted by molar-refractivity contribution is 7.90. The van der Waals surface area contributed by atoms with Crippen LogP contribution in [0.15, 0.2) is 0 Å². The fourth-order valence-electron chi connectivity index (χ4n) is 1.73. The predicted octanol–water partition coefficient (Wildman–Crippen LogP) is 0.818. The highest BCUT2D eigenvalue weighted by Crippen LogP contribution is 2.25. The Hall–Kier alpha value is -1.11. The average Bonchev–Trinajstić information content (AvgIpc) is 2.29. The summed E-state index contributed by atoms with van der Waals surface area (Å²) in [6.07, 6.45) is 2.33. The van der Waals surface area contributed by atoms with Crippen LogP contribution in [0, 0.1) is 5.41 Å². The summed E-state index contributed by atoms with van der Waals surface area (Å²) in [6, 6.07) is 0. The van der Waals surface area contributed by atoms with Gasteiger partial charge in [0, 0.05) is 19.2 Å². The van der Waals surface area contributed by atoms with E-state index in [1.54, 1.807) is 13.8 Å². The first-order valence-corrected chi connectivity index (χ1v) is 8.40. The number of carbonyl (C=O) groups is 2. The fourth-order valence-corrected chi connectivity index (χ4v) is 2.40. The van der Waals surface area contributed by atoms with Gasteiger partial charge in [-0.25, -0.2) is 8.42 Å². The van der Waals surface area contributed by atoms with Gasteiger partial charge < -0.3 is 10.4 Å². The SMILES string of the molecule is CCC(CC)(CNC(=O)CCCS(C)(=O)=O)C(=O)O. The Morgan fingerprint density at radius 3 is 2.11 bits per heavy atom. The molecule has 0 unspecified atom stereocenters. The number of carbonyl (C=O) groups excluding carboxylic acids is 1. The summed E-state index contributed by atoms with van der Waals surface area (Å²) in [7, 11) is -3.06. The summed E-state index contributed by atoms with van der Waals surface area (Å²) in [5.41, 5.74) is -0.938. The third-order valence-corrected chi connectivity index (χ3v) is 4.38. The molecule has 0 atom stereocenters. The van der Waals surface area contributed by atoms with Crippen LogP contribution < -0.4 is 5.32 Å². The molecular formula is C12H23NO5S. The van der Waals surface area contributed by atoms with Crippen LogP contribution in [-0.2, 0) is 19.4 Å². The fraction of sp³-hybridized carbons (Fsp3) is 0.833. The molecule has 6 nitrogen and oxygen atoms in total. The summed E-state index contributed by atoms with van der Waals surface area (Å²) < 4.78 is 21.8. The van der Waals surface area contributed by atoms with Gasteiger partial charge in [0.15, 0.2) is 0 Å². The number of carboxylic acids is 1. The van der Waals surface area contributed by atoms with E-state index < -0.39 is 21.2 Å². The first-order valence-electron chi connectivity index (χ1n) is 6.34. The molecule has 0 aromatic rings. The molecule has 2 N–H and O–H groups in total. The van der Waals surface area contributed by atoms with Gasteiger partial charge in [-0.05, 0) is 19.3 Å². The zero-order valence-corrected chi connectivity index (χ0v) is 12.5. The normalized spacial score (nSPS) is 12.2. The molecule has 0 rings (SSSR count). The Morgan fingerprint density at radius 2 is 1.74 bits per heavy atom. The van der Waals surface area contributed by atoms with E-state index in [1.165, 1.54) is 0 Å². The van der Waals surface area contributed by atoms with Gasteiger partial charge in [0.1, 0.15) is 9.84 Å². The zero-order valence-electron chi connectivity index (χ0n) is 11.7. The van der Waals surface area contributed by atoms with E-state index >= 15 is 0 Å². The van der Waals surface area contributed by atoms with Crippen molar-refractivity contribution in [2.75, 3.05) is 18.6 Å². The lowest BCUT2D eigenvalue weighted by atomic mass is 9.82. The Balaban J connectivity index is 4.24. The van der Waals surface area contributed by atoms with Crippen LogP contribution in [0.2, 0.25) is 0 Å². The molecule has 112 valence electrons. The smallest absolute Gasteiger partial charge is 0.311 e. The Morgan fingerprint density at radius 1 is 1.21 bits per heavy atom. The van der Waals surface area contributed by atoms with Crippen molar-refractivity contribution in [2.24, 2.45) is 5.41 Å². The van der Waals surface area contributed by atoms with E-state index in [1.807, 2.05) is 0 Å². The second kappa shape index (κ2) is 7.47. The minimum absolute atomic E-state index is 0.0357. The largest absolute Gasteiger partial charge is 0.481 e. The minimum atomic E-state index is -3.06.